The molecule has 1 aliphatic heterocycles. The summed E-state index contributed by atoms with van der Waals surface area (Å²) in [6.07, 6.45) is -1.22. The van der Waals surface area contributed by atoms with E-state index < -0.39 is 34.4 Å². The molecule has 0 radical (unpaired) electrons. The van der Waals surface area contributed by atoms with E-state index in [-0.39, 0.29) is 35.1 Å². The number of carbonyl (C=O) groups is 1. The quantitative estimate of drug-likeness (QED) is 0.533. The normalized spacial score (nSPS) is 22.2. The lowest BCUT2D eigenvalue weighted by atomic mass is 9.99. The van der Waals surface area contributed by atoms with E-state index in [1.807, 2.05) is 20.8 Å². The minimum atomic E-state index is -2.22. The van der Waals surface area contributed by atoms with Crippen molar-refractivity contribution in [2.45, 2.75) is 129 Å². The van der Waals surface area contributed by atoms with Crippen LogP contribution >= 0.6 is 0 Å². The van der Waals surface area contributed by atoms with Crippen LogP contribution in [0.15, 0.2) is 0 Å². The van der Waals surface area contributed by atoms with Crippen LogP contribution < -0.4 is 0 Å². The first-order valence-electron chi connectivity index (χ1n) is 11.1. The molecular formula is C22H47NO5Si2. The van der Waals surface area contributed by atoms with Crippen LogP contribution in [0.25, 0.3) is 0 Å². The minimum absolute atomic E-state index is 0.0265. The molecule has 3 atom stereocenters. The SMILES string of the molecule is CC(C)(C)N1OC(=O)C[C@H]1[C@H](O[Si](C)(C)C(C)(C)C)[C@H](O)CO[Si](C)(C)C(C)(C)C. The summed E-state index contributed by atoms with van der Waals surface area (Å²) in [5.74, 6) is -0.281. The van der Waals surface area contributed by atoms with Gasteiger partial charge in [0.2, 0.25) is 0 Å². The number of aliphatic hydroxyl groups excluding tert-OH is 1. The molecule has 178 valence electrons. The Morgan fingerprint density at radius 2 is 1.47 bits per heavy atom. The number of hydrogen-bond donors (Lipinski definition) is 1. The van der Waals surface area contributed by atoms with Crippen LogP contribution in [0.1, 0.15) is 68.7 Å². The van der Waals surface area contributed by atoms with Crippen molar-refractivity contribution in [2.75, 3.05) is 6.61 Å². The molecule has 0 aromatic carbocycles. The lowest BCUT2D eigenvalue weighted by Crippen LogP contribution is -2.58. The van der Waals surface area contributed by atoms with Crippen molar-refractivity contribution >= 4 is 22.6 Å². The average molecular weight is 462 g/mol. The highest BCUT2D eigenvalue weighted by Crippen LogP contribution is 2.41. The highest BCUT2D eigenvalue weighted by molar-refractivity contribution is 6.74. The molecule has 1 N–H and O–H groups in total. The van der Waals surface area contributed by atoms with E-state index in [9.17, 15) is 9.90 Å². The second-order valence-electron chi connectivity index (χ2n) is 12.7. The monoisotopic (exact) mass is 461 g/mol. The molecule has 0 saturated carbocycles. The van der Waals surface area contributed by atoms with Gasteiger partial charge in [0.05, 0.1) is 25.2 Å². The Bertz CT molecular complexity index is 602. The van der Waals surface area contributed by atoms with Crippen molar-refractivity contribution in [1.82, 2.24) is 5.06 Å². The van der Waals surface area contributed by atoms with Crippen LogP contribution in [0.4, 0.5) is 0 Å². The predicted octanol–water partition coefficient (Wildman–Crippen LogP) is 5.09. The molecule has 0 aromatic heterocycles. The summed E-state index contributed by atoms with van der Waals surface area (Å²) in [6, 6.07) is -0.357. The van der Waals surface area contributed by atoms with Gasteiger partial charge in [-0.2, -0.15) is 0 Å². The maximum Gasteiger partial charge on any atom is 0.326 e. The first-order chi connectivity index (χ1) is 13.1. The molecule has 30 heavy (non-hydrogen) atoms. The lowest BCUT2D eigenvalue weighted by Gasteiger charge is -2.45. The molecule has 0 spiro atoms. The summed E-state index contributed by atoms with van der Waals surface area (Å²) in [5, 5.41) is 13.0. The second-order valence-corrected chi connectivity index (χ2v) is 22.3. The topological polar surface area (TPSA) is 68.2 Å². The summed E-state index contributed by atoms with van der Waals surface area (Å²) in [4.78, 5) is 17.8. The Hall–Kier alpha value is -0.256. The molecule has 6 nitrogen and oxygen atoms in total. The second kappa shape index (κ2) is 8.94. The van der Waals surface area contributed by atoms with E-state index >= 15 is 0 Å². The van der Waals surface area contributed by atoms with Gasteiger partial charge in [0, 0.05) is 5.54 Å². The first-order valence-corrected chi connectivity index (χ1v) is 16.9. The molecule has 1 aliphatic rings. The van der Waals surface area contributed by atoms with Gasteiger partial charge in [-0.05, 0) is 57.0 Å². The van der Waals surface area contributed by atoms with Crippen LogP contribution in [-0.2, 0) is 18.5 Å². The fourth-order valence-electron chi connectivity index (χ4n) is 2.89. The van der Waals surface area contributed by atoms with E-state index in [4.69, 9.17) is 13.7 Å². The third-order valence-corrected chi connectivity index (χ3v) is 15.9. The largest absolute Gasteiger partial charge is 0.414 e. The van der Waals surface area contributed by atoms with Crippen LogP contribution in [0.5, 0.6) is 0 Å². The number of nitrogens with zero attached hydrogens (tertiary/aromatic N) is 1. The number of rotatable bonds is 7. The van der Waals surface area contributed by atoms with E-state index in [1.165, 1.54) is 0 Å². The summed E-state index contributed by atoms with van der Waals surface area (Å²) >= 11 is 0. The molecule has 1 saturated heterocycles. The Balaban J connectivity index is 3.22. The molecule has 8 heteroatoms. The van der Waals surface area contributed by atoms with Crippen molar-refractivity contribution in [3.63, 3.8) is 0 Å². The zero-order valence-corrected chi connectivity index (χ0v) is 23.7. The van der Waals surface area contributed by atoms with Gasteiger partial charge in [-0.1, -0.05) is 41.5 Å². The average Bonchev–Trinajstić information content (AvgIpc) is 2.90. The Kier molecular flexibility index (Phi) is 8.28. The van der Waals surface area contributed by atoms with Crippen LogP contribution in [0.2, 0.25) is 36.3 Å². The molecule has 1 rings (SSSR count). The molecule has 0 aliphatic carbocycles. The minimum Gasteiger partial charge on any atom is -0.414 e. The van der Waals surface area contributed by atoms with Crippen LogP contribution in [-0.4, -0.2) is 63.2 Å². The van der Waals surface area contributed by atoms with E-state index in [2.05, 4.69) is 67.7 Å². The summed E-state index contributed by atoms with van der Waals surface area (Å²) in [5.41, 5.74) is -0.397. The highest BCUT2D eigenvalue weighted by atomic mass is 28.4. The van der Waals surface area contributed by atoms with Crippen molar-refractivity contribution in [3.05, 3.63) is 0 Å². The third-order valence-electron chi connectivity index (χ3n) is 6.95. The Morgan fingerprint density at radius 1 is 1.00 bits per heavy atom. The first kappa shape index (κ1) is 27.8. The zero-order valence-electron chi connectivity index (χ0n) is 21.7. The van der Waals surface area contributed by atoms with Crippen molar-refractivity contribution < 1.29 is 23.6 Å². The number of carbonyl (C=O) groups excluding carboxylic acids is 1. The Morgan fingerprint density at radius 3 is 1.87 bits per heavy atom. The maximum absolute atomic E-state index is 12.2. The van der Waals surface area contributed by atoms with Gasteiger partial charge < -0.3 is 18.8 Å². The van der Waals surface area contributed by atoms with E-state index in [0.717, 1.165) is 0 Å². The van der Waals surface area contributed by atoms with Crippen molar-refractivity contribution in [2.24, 2.45) is 0 Å². The number of hydroxylamine groups is 2. The van der Waals surface area contributed by atoms with Crippen molar-refractivity contribution in [3.8, 4) is 0 Å². The maximum atomic E-state index is 12.2. The van der Waals surface area contributed by atoms with Gasteiger partial charge in [0.15, 0.2) is 16.6 Å². The lowest BCUT2D eigenvalue weighted by molar-refractivity contribution is -0.213. The fourth-order valence-corrected chi connectivity index (χ4v) is 5.26. The van der Waals surface area contributed by atoms with E-state index in [0.29, 0.717) is 0 Å². The fraction of sp³-hybridized carbons (Fsp3) is 0.955. The molecular weight excluding hydrogens is 414 g/mol. The molecule has 0 aromatic rings. The van der Waals surface area contributed by atoms with Gasteiger partial charge in [-0.3, -0.25) is 4.79 Å². The smallest absolute Gasteiger partial charge is 0.326 e. The van der Waals surface area contributed by atoms with Crippen LogP contribution in [0, 0.1) is 0 Å². The van der Waals surface area contributed by atoms with Crippen molar-refractivity contribution in [1.29, 1.82) is 0 Å². The number of aliphatic hydroxyl groups is 1. The summed E-state index contributed by atoms with van der Waals surface area (Å²) in [6.45, 7) is 27.9. The predicted molar refractivity (Wildman–Crippen MR) is 127 cm³/mol. The summed E-state index contributed by atoms with van der Waals surface area (Å²) in [7, 11) is -4.25. The number of hydrogen-bond acceptors (Lipinski definition) is 6. The van der Waals surface area contributed by atoms with E-state index in [1.54, 1.807) is 5.06 Å². The molecule has 0 amide bonds. The molecule has 0 unspecified atom stereocenters. The van der Waals surface area contributed by atoms with Gasteiger partial charge >= 0.3 is 5.97 Å². The van der Waals surface area contributed by atoms with Gasteiger partial charge in [-0.25, -0.2) is 0 Å². The van der Waals surface area contributed by atoms with Gasteiger partial charge in [0.1, 0.15) is 6.10 Å². The summed E-state index contributed by atoms with van der Waals surface area (Å²) < 4.78 is 13.0. The molecule has 1 heterocycles. The van der Waals surface area contributed by atoms with Crippen LogP contribution in [0.3, 0.4) is 0 Å². The standard InChI is InChI=1S/C22H47NO5Si2/c1-20(2,3)23-16(14-18(25)27-23)19(28-30(12,13)22(7,8)9)17(24)15-26-29(10,11)21(4,5)6/h16-17,19,24H,14-15H2,1-13H3/t16-,17+,19-/m0/s1. The zero-order chi connectivity index (χ0) is 23.9. The highest BCUT2D eigenvalue weighted by Gasteiger charge is 2.50. The third kappa shape index (κ3) is 6.62. The Labute approximate surface area is 186 Å². The molecule has 1 fully saturated rings. The van der Waals surface area contributed by atoms with Gasteiger partial charge in [-0.15, -0.1) is 5.06 Å². The molecule has 0 bridgehead atoms. The van der Waals surface area contributed by atoms with Gasteiger partial charge in [0.25, 0.3) is 0 Å².